The molecule has 264 valence electrons. The van der Waals surface area contributed by atoms with Gasteiger partial charge in [-0.25, -0.2) is 14.6 Å². The third-order valence-electron chi connectivity index (χ3n) is 10.3. The van der Waals surface area contributed by atoms with Gasteiger partial charge in [0.05, 0.1) is 27.9 Å². The molecule has 0 radical (unpaired) electrons. The zero-order chi connectivity index (χ0) is 36.0. The second-order valence-corrected chi connectivity index (χ2v) is 13.5. The van der Waals surface area contributed by atoms with E-state index in [9.17, 15) is 18.0 Å². The van der Waals surface area contributed by atoms with E-state index >= 15 is 0 Å². The number of aromatic nitrogens is 4. The van der Waals surface area contributed by atoms with Gasteiger partial charge in [0.25, 0.3) is 0 Å². The second kappa shape index (κ2) is 13.5. The van der Waals surface area contributed by atoms with Crippen LogP contribution in [0.15, 0.2) is 108 Å². The Balaban J connectivity index is 0.000000505. The van der Waals surface area contributed by atoms with Crippen molar-refractivity contribution in [3.8, 4) is 22.4 Å². The number of hydrogen-bond donors (Lipinski definition) is 2. The van der Waals surface area contributed by atoms with Crippen LogP contribution in [0.1, 0.15) is 36.6 Å². The molecule has 2 N–H and O–H groups in total. The summed E-state index contributed by atoms with van der Waals surface area (Å²) < 4.78 is 36.2. The van der Waals surface area contributed by atoms with Gasteiger partial charge in [0, 0.05) is 59.6 Å². The molecule has 2 aliphatic heterocycles. The average Bonchev–Trinajstić information content (AvgIpc) is 3.68. The second-order valence-electron chi connectivity index (χ2n) is 13.5. The first-order chi connectivity index (χ1) is 25.2. The van der Waals surface area contributed by atoms with E-state index in [0.717, 1.165) is 74.2 Å². The zero-order valence-electron chi connectivity index (χ0n) is 28.2. The van der Waals surface area contributed by atoms with Gasteiger partial charge < -0.3 is 14.7 Å². The van der Waals surface area contributed by atoms with Crippen molar-refractivity contribution in [3.05, 3.63) is 125 Å². The highest BCUT2D eigenvalue weighted by Crippen LogP contribution is 2.44. The van der Waals surface area contributed by atoms with Crippen molar-refractivity contribution in [1.29, 1.82) is 0 Å². The number of imidazole rings is 1. The highest BCUT2D eigenvalue weighted by molar-refractivity contribution is 6.18. The first-order valence-corrected chi connectivity index (χ1v) is 17.5. The summed E-state index contributed by atoms with van der Waals surface area (Å²) in [4.78, 5) is 32.6. The molecule has 0 unspecified atom stereocenters. The molecule has 9 rings (SSSR count). The molecule has 3 aromatic heterocycles. The largest absolute Gasteiger partial charge is 0.490 e. The van der Waals surface area contributed by atoms with E-state index in [0.29, 0.717) is 0 Å². The van der Waals surface area contributed by atoms with Crippen molar-refractivity contribution in [2.45, 2.75) is 51.0 Å². The highest BCUT2D eigenvalue weighted by Gasteiger charge is 2.38. The maximum absolute atomic E-state index is 12.7. The van der Waals surface area contributed by atoms with E-state index in [1.54, 1.807) is 0 Å². The lowest BCUT2D eigenvalue weighted by atomic mass is 9.92. The van der Waals surface area contributed by atoms with E-state index in [2.05, 4.69) is 93.3 Å². The van der Waals surface area contributed by atoms with Crippen LogP contribution in [0.3, 0.4) is 0 Å². The number of carboxylic acids is 1. The topological polar surface area (TPSA) is 96.2 Å². The van der Waals surface area contributed by atoms with Gasteiger partial charge in [-0.3, -0.25) is 9.47 Å². The predicted octanol–water partition coefficient (Wildman–Crippen LogP) is 8.58. The molecule has 0 amide bonds. The first-order valence-electron chi connectivity index (χ1n) is 17.5. The normalized spacial score (nSPS) is 15.2. The zero-order valence-corrected chi connectivity index (χ0v) is 28.2. The molecule has 0 aliphatic carbocycles. The van der Waals surface area contributed by atoms with Crippen LogP contribution in [0.2, 0.25) is 0 Å². The van der Waals surface area contributed by atoms with Crippen LogP contribution in [0, 0.1) is 0 Å². The number of fused-ring (bicyclic) bond motifs is 4. The third kappa shape index (κ3) is 6.15. The Kier molecular flexibility index (Phi) is 8.66. The summed E-state index contributed by atoms with van der Waals surface area (Å²) in [5.74, 6) is -2.76. The van der Waals surface area contributed by atoms with Crippen LogP contribution < -0.4 is 5.69 Å². The highest BCUT2D eigenvalue weighted by atomic mass is 19.4. The van der Waals surface area contributed by atoms with Crippen molar-refractivity contribution in [3.63, 3.8) is 0 Å². The van der Waals surface area contributed by atoms with Gasteiger partial charge in [-0.15, -0.1) is 0 Å². The van der Waals surface area contributed by atoms with Gasteiger partial charge in [0.15, 0.2) is 0 Å². The number of halogens is 3. The molecule has 7 aromatic rings. The van der Waals surface area contributed by atoms with Crippen LogP contribution in [0.5, 0.6) is 0 Å². The van der Waals surface area contributed by atoms with E-state index in [-0.39, 0.29) is 11.7 Å². The van der Waals surface area contributed by atoms with Crippen LogP contribution in [0.25, 0.3) is 55.2 Å². The first kappa shape index (κ1) is 33.5. The van der Waals surface area contributed by atoms with Gasteiger partial charge in [0.1, 0.15) is 0 Å². The number of piperidine rings is 1. The molecule has 52 heavy (non-hydrogen) atoms. The monoisotopic (exact) mass is 703 g/mol. The predicted molar refractivity (Wildman–Crippen MR) is 196 cm³/mol. The lowest BCUT2D eigenvalue weighted by Gasteiger charge is -2.32. The summed E-state index contributed by atoms with van der Waals surface area (Å²) in [5, 5.41) is 9.77. The molecule has 5 heterocycles. The molecule has 2 aliphatic rings. The number of nitrogens with one attached hydrogen (secondary N) is 1. The van der Waals surface area contributed by atoms with Gasteiger partial charge in [-0.1, -0.05) is 84.9 Å². The van der Waals surface area contributed by atoms with Gasteiger partial charge in [-0.2, -0.15) is 13.2 Å². The number of aromatic amines is 1. The van der Waals surface area contributed by atoms with Gasteiger partial charge in [-0.05, 0) is 55.0 Å². The number of likely N-dealkylation sites (tertiary alicyclic amines) is 1. The third-order valence-corrected chi connectivity index (χ3v) is 10.3. The summed E-state index contributed by atoms with van der Waals surface area (Å²) in [5.41, 5.74) is 11.7. The number of carboxylic acid groups (broad SMARTS) is 1. The van der Waals surface area contributed by atoms with E-state index in [1.807, 2.05) is 28.8 Å². The Hall–Kier alpha value is -5.68. The van der Waals surface area contributed by atoms with Crippen LogP contribution in [-0.4, -0.2) is 54.3 Å². The average molecular weight is 704 g/mol. The van der Waals surface area contributed by atoms with Crippen LogP contribution in [0.4, 0.5) is 13.2 Å². The number of aryl methyl sites for hydroxylation is 2. The molecule has 0 bridgehead atoms. The van der Waals surface area contributed by atoms with Crippen molar-refractivity contribution in [2.24, 2.45) is 0 Å². The van der Waals surface area contributed by atoms with Gasteiger partial charge in [0.2, 0.25) is 0 Å². The molecular formula is C41H36F3N5O3. The molecule has 8 nitrogen and oxygen atoms in total. The number of aliphatic carboxylic acids is 1. The summed E-state index contributed by atoms with van der Waals surface area (Å²) in [6.07, 6.45) is -1.02. The lowest BCUT2D eigenvalue weighted by molar-refractivity contribution is -0.192. The summed E-state index contributed by atoms with van der Waals surface area (Å²) in [6, 6.07) is 37.0. The minimum absolute atomic E-state index is 0.00520. The van der Waals surface area contributed by atoms with E-state index in [1.165, 1.54) is 44.2 Å². The molecule has 1 saturated heterocycles. The van der Waals surface area contributed by atoms with Crippen molar-refractivity contribution < 1.29 is 23.1 Å². The Morgan fingerprint density at radius 3 is 2.19 bits per heavy atom. The van der Waals surface area contributed by atoms with Crippen LogP contribution in [-0.2, 0) is 24.3 Å². The fraction of sp³-hybridized carbons (Fsp3) is 0.244. The molecular weight excluding hydrogens is 667 g/mol. The number of benzene rings is 4. The van der Waals surface area contributed by atoms with Crippen molar-refractivity contribution in [1.82, 2.24) is 24.0 Å². The number of carbonyl (C=O) groups is 1. The Morgan fingerprint density at radius 1 is 0.827 bits per heavy atom. The number of alkyl halides is 3. The number of nitrogens with zero attached hydrogens (tertiary/aromatic N) is 4. The minimum atomic E-state index is -5.08. The molecule has 1 fully saturated rings. The maximum Gasteiger partial charge on any atom is 0.490 e. The fourth-order valence-electron chi connectivity index (χ4n) is 7.92. The lowest BCUT2D eigenvalue weighted by Crippen LogP contribution is -2.36. The van der Waals surface area contributed by atoms with E-state index in [4.69, 9.17) is 14.9 Å². The van der Waals surface area contributed by atoms with Gasteiger partial charge >= 0.3 is 17.8 Å². The number of pyridine rings is 1. The molecule has 0 saturated carbocycles. The Bertz CT molecular complexity index is 2470. The Labute approximate surface area is 296 Å². The maximum atomic E-state index is 12.7. The summed E-state index contributed by atoms with van der Waals surface area (Å²) in [6.45, 7) is 3.90. The Morgan fingerprint density at radius 2 is 1.48 bits per heavy atom. The number of hydrogen-bond acceptors (Lipinski definition) is 4. The number of rotatable bonds is 5. The quantitative estimate of drug-likeness (QED) is 0.187. The van der Waals surface area contributed by atoms with Crippen molar-refractivity contribution in [2.75, 3.05) is 13.1 Å². The molecule has 4 aromatic carbocycles. The number of para-hydroxylation sites is 3. The summed E-state index contributed by atoms with van der Waals surface area (Å²) in [7, 11) is 0. The molecule has 0 spiro atoms. The standard InChI is InChI=1S/C39H35N5O.C2HF3O2/c45-39-41-31-12-5-7-15-34(31)44(39)29-20-23-42(24-21-29)25-26-16-18-28(19-17-26)37-35(27-9-2-1-3-10-27)36-30-11-4-6-14-33(30)43-22-8-13-32(40-37)38(36)43;3-2(4,5)1(6)7/h1-7,9-12,14-19,29H,8,13,20-25H2,(H,41,45);(H,6,7). The molecule has 11 heteroatoms. The van der Waals surface area contributed by atoms with Crippen LogP contribution >= 0.6 is 0 Å². The minimum Gasteiger partial charge on any atom is -0.475 e. The summed E-state index contributed by atoms with van der Waals surface area (Å²) >= 11 is 0. The SMILES string of the molecule is O=C(O)C(F)(F)F.O=c1[nH]c2ccccc2n1C1CCN(Cc2ccc(-c3nc4c5c(c3-c3ccccc3)c3ccccc3n5CCC4)cc2)CC1. The van der Waals surface area contributed by atoms with Crippen molar-refractivity contribution >= 4 is 38.8 Å². The smallest absolute Gasteiger partial charge is 0.475 e. The number of H-pyrrole nitrogens is 1. The fourth-order valence-corrected chi connectivity index (χ4v) is 7.92. The van der Waals surface area contributed by atoms with E-state index < -0.39 is 12.1 Å². The molecule has 0 atom stereocenters.